The van der Waals surface area contributed by atoms with Crippen molar-refractivity contribution >= 4 is 12.1 Å². The highest BCUT2D eigenvalue weighted by Crippen LogP contribution is 2.32. The van der Waals surface area contributed by atoms with Gasteiger partial charge >= 0.3 is 12.1 Å². The maximum Gasteiger partial charge on any atom is 0.408 e. The van der Waals surface area contributed by atoms with Crippen LogP contribution in [0.25, 0.3) is 0 Å². The van der Waals surface area contributed by atoms with Crippen LogP contribution in [-0.4, -0.2) is 29.8 Å². The van der Waals surface area contributed by atoms with Gasteiger partial charge in [-0.25, -0.2) is 14.0 Å². The van der Waals surface area contributed by atoms with Crippen molar-refractivity contribution in [3.8, 4) is 0 Å². The molecule has 3 atom stereocenters. The third kappa shape index (κ3) is 6.58. The summed E-state index contributed by atoms with van der Waals surface area (Å²) in [6.07, 6.45) is -1.24. The standard InChI is InChI=1S/C24H30FNO4/c1-15-14-19(25)12-13-20(15)21(18-10-8-7-9-11-18)17(3)29-22(27)16(2)26-23(28)30-24(4,5)6/h7-14,16-17,21H,1-6H3,(H,26,28)/t16-,17-,21+/m0/s1. The van der Waals surface area contributed by atoms with E-state index in [4.69, 9.17) is 9.47 Å². The van der Waals surface area contributed by atoms with Crippen LogP contribution in [0.15, 0.2) is 48.5 Å². The van der Waals surface area contributed by atoms with Gasteiger partial charge in [0.05, 0.1) is 0 Å². The van der Waals surface area contributed by atoms with Gasteiger partial charge in [-0.15, -0.1) is 0 Å². The van der Waals surface area contributed by atoms with Crippen LogP contribution in [0.4, 0.5) is 9.18 Å². The molecule has 2 aromatic rings. The van der Waals surface area contributed by atoms with E-state index >= 15 is 0 Å². The highest BCUT2D eigenvalue weighted by atomic mass is 19.1. The number of nitrogens with one attached hydrogen (secondary N) is 1. The van der Waals surface area contributed by atoms with E-state index in [-0.39, 0.29) is 11.7 Å². The Bertz CT molecular complexity index is 877. The lowest BCUT2D eigenvalue weighted by Gasteiger charge is -2.28. The number of rotatable bonds is 6. The summed E-state index contributed by atoms with van der Waals surface area (Å²) < 4.78 is 24.5. The van der Waals surface area contributed by atoms with E-state index in [0.717, 1.165) is 16.7 Å². The summed E-state index contributed by atoms with van der Waals surface area (Å²) in [5.74, 6) is -1.18. The van der Waals surface area contributed by atoms with E-state index in [1.54, 1.807) is 40.7 Å². The lowest BCUT2D eigenvalue weighted by atomic mass is 9.85. The third-order valence-corrected chi connectivity index (χ3v) is 4.58. The van der Waals surface area contributed by atoms with E-state index in [1.807, 2.05) is 37.3 Å². The molecular formula is C24H30FNO4. The van der Waals surface area contributed by atoms with E-state index in [9.17, 15) is 14.0 Å². The molecule has 2 aromatic carbocycles. The van der Waals surface area contributed by atoms with Crippen molar-refractivity contribution in [2.75, 3.05) is 0 Å². The number of amides is 1. The summed E-state index contributed by atoms with van der Waals surface area (Å²) in [4.78, 5) is 24.5. The van der Waals surface area contributed by atoms with Crippen LogP contribution in [-0.2, 0) is 14.3 Å². The quantitative estimate of drug-likeness (QED) is 0.666. The van der Waals surface area contributed by atoms with Gasteiger partial charge in [-0.3, -0.25) is 0 Å². The van der Waals surface area contributed by atoms with E-state index in [0.29, 0.717) is 0 Å². The normalized spacial score (nSPS) is 14.4. The number of benzene rings is 2. The molecule has 0 spiro atoms. The van der Waals surface area contributed by atoms with Gasteiger partial charge in [-0.2, -0.15) is 0 Å². The molecule has 6 heteroatoms. The first kappa shape index (κ1) is 23.4. The van der Waals surface area contributed by atoms with Crippen LogP contribution in [0.3, 0.4) is 0 Å². The minimum atomic E-state index is -0.881. The molecule has 0 bridgehead atoms. The molecule has 0 fully saturated rings. The zero-order valence-electron chi connectivity index (χ0n) is 18.4. The topological polar surface area (TPSA) is 64.6 Å². The zero-order chi connectivity index (χ0) is 22.5. The molecule has 30 heavy (non-hydrogen) atoms. The van der Waals surface area contributed by atoms with Crippen molar-refractivity contribution in [2.45, 2.75) is 65.2 Å². The SMILES string of the molecule is Cc1cc(F)ccc1[C@@H](c1ccccc1)[C@H](C)OC(=O)[C@H](C)NC(=O)OC(C)(C)C. The number of halogens is 1. The lowest BCUT2D eigenvalue weighted by Crippen LogP contribution is -2.43. The average Bonchev–Trinajstić information content (AvgIpc) is 2.63. The Morgan fingerprint density at radius 2 is 1.67 bits per heavy atom. The monoisotopic (exact) mass is 415 g/mol. The minimum Gasteiger partial charge on any atom is -0.460 e. The van der Waals surface area contributed by atoms with Gasteiger partial charge in [0.15, 0.2) is 0 Å². The molecule has 5 nitrogen and oxygen atoms in total. The number of hydrogen-bond acceptors (Lipinski definition) is 4. The average molecular weight is 416 g/mol. The lowest BCUT2D eigenvalue weighted by molar-refractivity contribution is -0.150. The summed E-state index contributed by atoms with van der Waals surface area (Å²) in [5.41, 5.74) is 1.92. The Morgan fingerprint density at radius 1 is 1.03 bits per heavy atom. The molecule has 0 saturated heterocycles. The molecule has 0 aliphatic carbocycles. The first-order chi connectivity index (χ1) is 14.0. The van der Waals surface area contributed by atoms with Crippen LogP contribution in [0, 0.1) is 12.7 Å². The van der Waals surface area contributed by atoms with Crippen LogP contribution >= 0.6 is 0 Å². The summed E-state index contributed by atoms with van der Waals surface area (Å²) >= 11 is 0. The Hall–Kier alpha value is -2.89. The van der Waals surface area contributed by atoms with Gasteiger partial charge in [-0.05, 0) is 70.4 Å². The molecule has 0 aliphatic rings. The maximum absolute atomic E-state index is 13.6. The summed E-state index contributed by atoms with van der Waals surface area (Å²) in [6, 6.07) is 13.3. The van der Waals surface area contributed by atoms with Crippen molar-refractivity contribution < 1.29 is 23.5 Å². The minimum absolute atomic E-state index is 0.288. The van der Waals surface area contributed by atoms with Gasteiger partial charge in [0, 0.05) is 5.92 Å². The molecule has 1 amide bonds. The molecule has 162 valence electrons. The summed E-state index contributed by atoms with van der Waals surface area (Å²) in [6.45, 7) is 10.4. The fourth-order valence-corrected chi connectivity index (χ4v) is 3.25. The number of alkyl carbamates (subject to hydrolysis) is 1. The number of hydrogen-bond donors (Lipinski definition) is 1. The smallest absolute Gasteiger partial charge is 0.408 e. The predicted octanol–water partition coefficient (Wildman–Crippen LogP) is 5.11. The fourth-order valence-electron chi connectivity index (χ4n) is 3.25. The van der Waals surface area contributed by atoms with Gasteiger partial charge in [0.1, 0.15) is 23.6 Å². The van der Waals surface area contributed by atoms with E-state index in [1.165, 1.54) is 12.1 Å². The Kier molecular flexibility index (Phi) is 7.59. The Labute approximate surface area is 177 Å². The van der Waals surface area contributed by atoms with Gasteiger partial charge in [0.2, 0.25) is 0 Å². The van der Waals surface area contributed by atoms with Crippen molar-refractivity contribution in [1.82, 2.24) is 5.32 Å². The van der Waals surface area contributed by atoms with E-state index < -0.39 is 29.8 Å². The van der Waals surface area contributed by atoms with Crippen LogP contribution in [0.1, 0.15) is 57.2 Å². The van der Waals surface area contributed by atoms with Gasteiger partial charge in [-0.1, -0.05) is 36.4 Å². The molecular weight excluding hydrogens is 385 g/mol. The molecule has 2 rings (SSSR count). The van der Waals surface area contributed by atoms with Crippen molar-refractivity contribution in [2.24, 2.45) is 0 Å². The van der Waals surface area contributed by atoms with Crippen molar-refractivity contribution in [3.63, 3.8) is 0 Å². The second-order valence-corrected chi connectivity index (χ2v) is 8.40. The Morgan fingerprint density at radius 3 is 2.23 bits per heavy atom. The summed E-state index contributed by atoms with van der Waals surface area (Å²) in [7, 11) is 0. The highest BCUT2D eigenvalue weighted by molar-refractivity contribution is 5.81. The highest BCUT2D eigenvalue weighted by Gasteiger charge is 2.29. The van der Waals surface area contributed by atoms with Crippen LogP contribution < -0.4 is 5.32 Å². The van der Waals surface area contributed by atoms with Gasteiger partial charge in [0.25, 0.3) is 0 Å². The molecule has 0 aromatic heterocycles. The third-order valence-electron chi connectivity index (χ3n) is 4.58. The number of carbonyl (C=O) groups excluding carboxylic acids is 2. The van der Waals surface area contributed by atoms with Crippen molar-refractivity contribution in [3.05, 3.63) is 71.0 Å². The maximum atomic E-state index is 13.6. The van der Waals surface area contributed by atoms with Crippen molar-refractivity contribution in [1.29, 1.82) is 0 Å². The first-order valence-corrected chi connectivity index (χ1v) is 9.99. The fraction of sp³-hybridized carbons (Fsp3) is 0.417. The second-order valence-electron chi connectivity index (χ2n) is 8.40. The molecule has 0 unspecified atom stereocenters. The number of aryl methyl sites for hydroxylation is 1. The predicted molar refractivity (Wildman–Crippen MR) is 114 cm³/mol. The van der Waals surface area contributed by atoms with Crippen LogP contribution in [0.5, 0.6) is 0 Å². The van der Waals surface area contributed by atoms with Crippen LogP contribution in [0.2, 0.25) is 0 Å². The second kappa shape index (κ2) is 9.74. The number of esters is 1. The van der Waals surface area contributed by atoms with Gasteiger partial charge < -0.3 is 14.8 Å². The Balaban J connectivity index is 2.19. The number of carbonyl (C=O) groups is 2. The molecule has 0 aliphatic heterocycles. The van der Waals surface area contributed by atoms with E-state index in [2.05, 4.69) is 5.32 Å². The summed E-state index contributed by atoms with van der Waals surface area (Å²) in [5, 5.41) is 2.49. The molecule has 0 saturated carbocycles. The molecule has 0 radical (unpaired) electrons. The zero-order valence-corrected chi connectivity index (χ0v) is 18.4. The molecule has 1 N–H and O–H groups in total. The molecule has 0 heterocycles. The number of ether oxygens (including phenoxy) is 2. The first-order valence-electron chi connectivity index (χ1n) is 9.99. The largest absolute Gasteiger partial charge is 0.460 e.